The monoisotopic (exact) mass is 1210 g/mol. The number of fused-ring (bicyclic) bond motifs is 21. The first-order valence-electron chi connectivity index (χ1n) is 30.8. The quantitative estimate of drug-likeness (QED) is 0.167. The molecule has 91 heavy (non-hydrogen) atoms. The van der Waals surface area contributed by atoms with Gasteiger partial charge < -0.3 is 4.57 Å². The van der Waals surface area contributed by atoms with E-state index in [4.69, 9.17) is 15.0 Å². The van der Waals surface area contributed by atoms with Gasteiger partial charge in [-0.05, 0) is 124 Å². The minimum Gasteiger partial charge on any atom is -0.309 e. The van der Waals surface area contributed by atoms with E-state index in [1.165, 1.54) is 116 Å². The van der Waals surface area contributed by atoms with Crippen LogP contribution >= 0.6 is 34.0 Å². The summed E-state index contributed by atoms with van der Waals surface area (Å²) in [6, 6.07) is 103. The van der Waals surface area contributed by atoms with Crippen LogP contribution in [-0.2, 0) is 5.41 Å². The summed E-state index contributed by atoms with van der Waals surface area (Å²) in [4.78, 5) is 17.2. The third kappa shape index (κ3) is 6.86. The van der Waals surface area contributed by atoms with Gasteiger partial charge in [0.05, 0.1) is 38.5 Å². The number of benzene rings is 13. The van der Waals surface area contributed by atoms with Gasteiger partial charge in [-0.3, -0.25) is 9.13 Å². The first kappa shape index (κ1) is 49.9. The highest BCUT2D eigenvalue weighted by molar-refractivity contribution is 7.26. The highest BCUT2D eigenvalue weighted by atomic mass is 32.1. The molecule has 0 fully saturated rings. The van der Waals surface area contributed by atoms with Gasteiger partial charge in [-0.15, -0.1) is 34.0 Å². The Labute approximate surface area is 531 Å². The van der Waals surface area contributed by atoms with Crippen molar-refractivity contribution in [3.05, 3.63) is 301 Å². The third-order valence-electron chi connectivity index (χ3n) is 19.6. The summed E-state index contributed by atoms with van der Waals surface area (Å²) in [6.07, 6.45) is 0. The largest absolute Gasteiger partial charge is 0.309 e. The number of hydrogen-bond acceptors (Lipinski definition) is 6. The molecule has 422 valence electrons. The molecule has 0 saturated heterocycles. The lowest BCUT2D eigenvalue weighted by atomic mass is 9.67. The van der Waals surface area contributed by atoms with Crippen LogP contribution in [0.4, 0.5) is 0 Å². The second-order valence-electron chi connectivity index (χ2n) is 24.2. The van der Waals surface area contributed by atoms with Crippen molar-refractivity contribution in [2.45, 2.75) is 5.41 Å². The van der Waals surface area contributed by atoms with Gasteiger partial charge in [0.25, 0.3) is 0 Å². The second-order valence-corrected chi connectivity index (χ2v) is 27.4. The van der Waals surface area contributed by atoms with Crippen molar-refractivity contribution >= 4 is 160 Å². The van der Waals surface area contributed by atoms with E-state index in [1.807, 2.05) is 34.0 Å². The number of nitrogens with zero attached hydrogens (tertiary/aromatic N) is 6. The fourth-order valence-electron chi connectivity index (χ4n) is 15.7. The Balaban J connectivity index is 0.836. The van der Waals surface area contributed by atoms with E-state index in [0.29, 0.717) is 17.7 Å². The van der Waals surface area contributed by atoms with Crippen LogP contribution in [-0.4, -0.2) is 28.7 Å². The van der Waals surface area contributed by atoms with Crippen LogP contribution < -0.4 is 0 Å². The fraction of sp³-hybridized carbons (Fsp3) is 0.0122. The standard InChI is InChI=1S/C82H46N6S3/c1-3-19-48(20-4-1)82(49-21-5-2-6-22-49)65-39-47(35-37-51(65)52-38-36-50(40-66(52)82)86-67-29-13-7-23-53(67)59-41-62-56-26-10-16-32-73(56)89-76(62)44-70(59)86)79-83-80(87-68-30-14-8-24-54(68)60-42-63-57-27-11-17-33-74(57)90-77(63)45-71(60)87)85-81(84-79)88-69-31-15-9-25-55(69)61-43-64-58-28-12-18-34-75(58)91-78(64)46-72(61)88/h1-46H. The van der Waals surface area contributed by atoms with Crippen molar-refractivity contribution in [3.63, 3.8) is 0 Å². The Morgan fingerprint density at radius 2 is 0.626 bits per heavy atom. The van der Waals surface area contributed by atoms with Gasteiger partial charge in [0.1, 0.15) is 0 Å². The summed E-state index contributed by atoms with van der Waals surface area (Å²) in [5.41, 5.74) is 14.9. The molecule has 1 aliphatic rings. The Bertz CT molecular complexity index is 6290. The van der Waals surface area contributed by atoms with Gasteiger partial charge in [0.15, 0.2) is 5.82 Å². The molecule has 6 nitrogen and oxygen atoms in total. The molecule has 20 aromatic rings. The maximum atomic E-state index is 5.76. The summed E-state index contributed by atoms with van der Waals surface area (Å²) in [5.74, 6) is 1.67. The normalized spacial score (nSPS) is 13.1. The number of thiophene rings is 3. The maximum Gasteiger partial charge on any atom is 0.240 e. The first-order valence-corrected chi connectivity index (χ1v) is 33.3. The zero-order valence-electron chi connectivity index (χ0n) is 48.5. The van der Waals surface area contributed by atoms with Crippen molar-refractivity contribution in [2.75, 3.05) is 0 Å². The van der Waals surface area contributed by atoms with E-state index in [1.54, 1.807) is 0 Å². The van der Waals surface area contributed by atoms with E-state index in [-0.39, 0.29) is 0 Å². The van der Waals surface area contributed by atoms with E-state index in [9.17, 15) is 0 Å². The third-order valence-corrected chi connectivity index (χ3v) is 23.0. The minimum atomic E-state index is -0.764. The van der Waals surface area contributed by atoms with Crippen LogP contribution in [0.25, 0.3) is 166 Å². The zero-order valence-corrected chi connectivity index (χ0v) is 50.9. The fourth-order valence-corrected chi connectivity index (χ4v) is 19.1. The molecule has 0 bridgehead atoms. The van der Waals surface area contributed by atoms with Gasteiger partial charge in [-0.1, -0.05) is 188 Å². The van der Waals surface area contributed by atoms with Crippen LogP contribution in [0.3, 0.4) is 0 Å². The zero-order chi connectivity index (χ0) is 59.2. The first-order chi connectivity index (χ1) is 45.1. The highest BCUT2D eigenvalue weighted by Crippen LogP contribution is 2.58. The Morgan fingerprint density at radius 1 is 0.253 bits per heavy atom. The van der Waals surface area contributed by atoms with E-state index in [0.717, 1.165) is 54.9 Å². The van der Waals surface area contributed by atoms with Crippen molar-refractivity contribution < 1.29 is 0 Å². The van der Waals surface area contributed by atoms with Gasteiger partial charge in [-0.25, -0.2) is 0 Å². The summed E-state index contributed by atoms with van der Waals surface area (Å²) >= 11 is 5.53. The highest BCUT2D eigenvalue weighted by Gasteiger charge is 2.47. The van der Waals surface area contributed by atoms with Gasteiger partial charge >= 0.3 is 0 Å². The van der Waals surface area contributed by atoms with Crippen LogP contribution in [0.15, 0.2) is 279 Å². The average Bonchev–Trinajstić information content (AvgIpc) is 1.57. The van der Waals surface area contributed by atoms with Gasteiger partial charge in [-0.2, -0.15) is 15.0 Å². The molecule has 0 atom stereocenters. The van der Waals surface area contributed by atoms with E-state index in [2.05, 4.69) is 293 Å². The molecule has 0 spiro atoms. The lowest BCUT2D eigenvalue weighted by Crippen LogP contribution is -2.28. The minimum absolute atomic E-state index is 0.547. The van der Waals surface area contributed by atoms with Gasteiger partial charge in [0, 0.05) is 104 Å². The van der Waals surface area contributed by atoms with Crippen LogP contribution in [0, 0.1) is 0 Å². The van der Waals surface area contributed by atoms with Crippen LogP contribution in [0.5, 0.6) is 0 Å². The van der Waals surface area contributed by atoms with E-state index >= 15 is 0 Å². The van der Waals surface area contributed by atoms with Crippen molar-refractivity contribution in [2.24, 2.45) is 0 Å². The molecule has 0 radical (unpaired) electrons. The molecule has 13 aromatic carbocycles. The summed E-state index contributed by atoms with van der Waals surface area (Å²) in [7, 11) is 0. The summed E-state index contributed by atoms with van der Waals surface area (Å²) in [6.45, 7) is 0. The SMILES string of the molecule is c1ccc(C2(c3ccccc3)c3cc(-c4nc(-n5c6ccccc6c6cc7c(cc65)sc5ccccc57)nc(-n5c6ccccc6c6cc7c(cc65)sc5ccccc57)n4)ccc3-c3ccc(-n4c5ccccc5c5cc6c(cc54)sc4ccccc46)cc32)cc1. The Morgan fingerprint density at radius 3 is 1.09 bits per heavy atom. The number of hydrogen-bond donors (Lipinski definition) is 0. The molecule has 0 saturated carbocycles. The Hall–Kier alpha value is -11.1. The van der Waals surface area contributed by atoms with E-state index < -0.39 is 5.41 Å². The number of aromatic nitrogens is 6. The van der Waals surface area contributed by atoms with Crippen molar-refractivity contribution in [3.8, 4) is 40.1 Å². The molecule has 7 aromatic heterocycles. The summed E-state index contributed by atoms with van der Waals surface area (Å²) < 4.78 is 14.6. The smallest absolute Gasteiger partial charge is 0.240 e. The van der Waals surface area contributed by atoms with Crippen molar-refractivity contribution in [1.29, 1.82) is 0 Å². The lowest BCUT2D eigenvalue weighted by Gasteiger charge is -2.34. The molecule has 0 unspecified atom stereocenters. The molecular formula is C82H46N6S3. The number of para-hydroxylation sites is 3. The lowest BCUT2D eigenvalue weighted by molar-refractivity contribution is 0.767. The summed E-state index contributed by atoms with van der Waals surface area (Å²) in [5, 5.41) is 14.7. The molecule has 0 aliphatic heterocycles. The average molecular weight is 1210 g/mol. The molecule has 1 aliphatic carbocycles. The second kappa shape index (κ2) is 18.5. The molecule has 0 N–H and O–H groups in total. The molecule has 21 rings (SSSR count). The predicted molar refractivity (Wildman–Crippen MR) is 384 cm³/mol. The van der Waals surface area contributed by atoms with Crippen LogP contribution in [0.2, 0.25) is 0 Å². The molecule has 9 heteroatoms. The predicted octanol–water partition coefficient (Wildman–Crippen LogP) is 22.3. The number of rotatable bonds is 6. The molecule has 7 heterocycles. The van der Waals surface area contributed by atoms with Crippen molar-refractivity contribution in [1.82, 2.24) is 28.7 Å². The molecular weight excluding hydrogens is 1170 g/mol. The van der Waals surface area contributed by atoms with Gasteiger partial charge in [0.2, 0.25) is 11.9 Å². The van der Waals surface area contributed by atoms with Crippen LogP contribution in [0.1, 0.15) is 22.3 Å². The topological polar surface area (TPSA) is 53.5 Å². The maximum absolute atomic E-state index is 5.76. The Kier molecular flexibility index (Phi) is 10.1. The molecule has 0 amide bonds.